The molecule has 0 saturated carbocycles. The summed E-state index contributed by atoms with van der Waals surface area (Å²) in [5.41, 5.74) is 4.30. The Morgan fingerprint density at radius 3 is 2.74 bits per heavy atom. The number of benzene rings is 1. The van der Waals surface area contributed by atoms with Gasteiger partial charge in [0.1, 0.15) is 17.2 Å². The van der Waals surface area contributed by atoms with E-state index in [1.165, 1.54) is 23.4 Å². The van der Waals surface area contributed by atoms with E-state index in [2.05, 4.69) is 26.9 Å². The quantitative estimate of drug-likeness (QED) is 0.530. The number of aryl methyl sites for hydroxylation is 3. The zero-order valence-corrected chi connectivity index (χ0v) is 15.9. The lowest BCUT2D eigenvalue weighted by Gasteiger charge is -2.06. The van der Waals surface area contributed by atoms with Gasteiger partial charge in [0, 0.05) is 17.4 Å². The summed E-state index contributed by atoms with van der Waals surface area (Å²) < 4.78 is 7.66. The van der Waals surface area contributed by atoms with Gasteiger partial charge < -0.3 is 8.98 Å². The summed E-state index contributed by atoms with van der Waals surface area (Å²) in [6.07, 6.45) is 6.52. The van der Waals surface area contributed by atoms with Crippen molar-refractivity contribution in [3.05, 3.63) is 59.0 Å². The Bertz CT molecular complexity index is 1060. The molecule has 4 aromatic rings. The van der Waals surface area contributed by atoms with E-state index < -0.39 is 0 Å². The van der Waals surface area contributed by atoms with E-state index in [1.807, 2.05) is 24.5 Å². The second kappa shape index (κ2) is 6.74. The normalized spacial score (nSPS) is 13.7. The van der Waals surface area contributed by atoms with Crippen LogP contribution in [0.15, 0.2) is 41.1 Å². The maximum Gasteiger partial charge on any atom is 0.236 e. The van der Waals surface area contributed by atoms with Gasteiger partial charge in [-0.3, -0.25) is 0 Å². The lowest BCUT2D eigenvalue weighted by atomic mass is 10.0. The molecule has 0 N–H and O–H groups in total. The van der Waals surface area contributed by atoms with Gasteiger partial charge in [-0.1, -0.05) is 30.3 Å². The van der Waals surface area contributed by atoms with Gasteiger partial charge in [-0.2, -0.15) is 0 Å². The molecule has 1 aromatic carbocycles. The third kappa shape index (κ3) is 3.08. The van der Waals surface area contributed by atoms with Crippen LogP contribution in [0, 0.1) is 6.92 Å². The van der Waals surface area contributed by atoms with Gasteiger partial charge in [-0.05, 0) is 25.7 Å². The molecule has 136 valence electrons. The minimum Gasteiger partial charge on any atom is -0.424 e. The van der Waals surface area contributed by atoms with Crippen molar-refractivity contribution in [2.75, 3.05) is 0 Å². The Kier molecular flexibility index (Phi) is 4.09. The van der Waals surface area contributed by atoms with E-state index in [0.29, 0.717) is 18.3 Å². The molecule has 5 rings (SSSR count). The molecule has 3 heterocycles. The van der Waals surface area contributed by atoms with Crippen LogP contribution in [0.1, 0.15) is 35.2 Å². The van der Waals surface area contributed by atoms with Crippen LogP contribution in [-0.2, 0) is 19.4 Å². The zero-order valence-electron chi connectivity index (χ0n) is 15.1. The van der Waals surface area contributed by atoms with Crippen LogP contribution in [0.4, 0.5) is 0 Å². The van der Waals surface area contributed by atoms with Crippen LogP contribution in [-0.4, -0.2) is 24.7 Å². The van der Waals surface area contributed by atoms with E-state index in [4.69, 9.17) is 14.4 Å². The Hall–Kier alpha value is -2.80. The number of rotatable bonds is 4. The predicted octanol–water partition coefficient (Wildman–Crippen LogP) is 4.29. The number of aromatic nitrogens is 5. The van der Waals surface area contributed by atoms with Gasteiger partial charge in [-0.15, -0.1) is 21.5 Å². The van der Waals surface area contributed by atoms with Gasteiger partial charge >= 0.3 is 0 Å². The largest absolute Gasteiger partial charge is 0.424 e. The number of imidazole rings is 1. The first-order chi connectivity index (χ1) is 13.3. The van der Waals surface area contributed by atoms with Crippen molar-refractivity contribution in [3.8, 4) is 22.0 Å². The van der Waals surface area contributed by atoms with Gasteiger partial charge in [0.2, 0.25) is 11.8 Å². The first-order valence-electron chi connectivity index (χ1n) is 9.16. The van der Waals surface area contributed by atoms with Crippen molar-refractivity contribution in [1.29, 1.82) is 0 Å². The Morgan fingerprint density at radius 1 is 1.11 bits per heavy atom. The van der Waals surface area contributed by atoms with Crippen LogP contribution >= 0.6 is 11.3 Å². The molecule has 0 spiro atoms. The fourth-order valence-corrected chi connectivity index (χ4v) is 4.75. The molecule has 7 heteroatoms. The van der Waals surface area contributed by atoms with E-state index in [1.54, 1.807) is 18.3 Å². The summed E-state index contributed by atoms with van der Waals surface area (Å²) >= 11 is 1.79. The zero-order chi connectivity index (χ0) is 18.2. The standard InChI is InChI=1S/C20H19N5OS/c1-13-23-24-17(26-13)11-25-12-21-18(14-7-3-2-4-8-14)19(25)20-22-15-9-5-6-10-16(15)27-20/h2-4,7-8,12H,5-6,9-11H2,1H3. The molecule has 1 aliphatic rings. The average molecular weight is 377 g/mol. The van der Waals surface area contributed by atoms with Crippen molar-refractivity contribution >= 4 is 11.3 Å². The van der Waals surface area contributed by atoms with E-state index >= 15 is 0 Å². The van der Waals surface area contributed by atoms with Gasteiger partial charge in [0.15, 0.2) is 0 Å². The van der Waals surface area contributed by atoms with Crippen molar-refractivity contribution in [2.45, 2.75) is 39.2 Å². The highest BCUT2D eigenvalue weighted by Crippen LogP contribution is 2.37. The second-order valence-corrected chi connectivity index (χ2v) is 7.83. The predicted molar refractivity (Wildman–Crippen MR) is 104 cm³/mol. The summed E-state index contributed by atoms with van der Waals surface area (Å²) in [7, 11) is 0. The van der Waals surface area contributed by atoms with Gasteiger partial charge in [0.05, 0.1) is 17.7 Å². The molecule has 0 bridgehead atoms. The first-order valence-corrected chi connectivity index (χ1v) is 9.98. The molecule has 0 atom stereocenters. The number of hydrogen-bond acceptors (Lipinski definition) is 6. The van der Waals surface area contributed by atoms with Crippen molar-refractivity contribution in [2.24, 2.45) is 0 Å². The minimum absolute atomic E-state index is 0.486. The molecular formula is C20H19N5OS. The van der Waals surface area contributed by atoms with E-state index in [-0.39, 0.29) is 0 Å². The summed E-state index contributed by atoms with van der Waals surface area (Å²) in [6, 6.07) is 10.3. The minimum atomic E-state index is 0.486. The molecule has 0 saturated heterocycles. The number of thiazole rings is 1. The topological polar surface area (TPSA) is 69.6 Å². The second-order valence-electron chi connectivity index (χ2n) is 6.75. The van der Waals surface area contributed by atoms with Crippen LogP contribution in [0.25, 0.3) is 22.0 Å². The van der Waals surface area contributed by atoms with Crippen LogP contribution < -0.4 is 0 Å². The number of nitrogens with zero attached hydrogens (tertiary/aromatic N) is 5. The molecule has 3 aromatic heterocycles. The molecule has 0 radical (unpaired) electrons. The van der Waals surface area contributed by atoms with Crippen molar-refractivity contribution < 1.29 is 4.42 Å². The Labute approximate surface area is 160 Å². The Balaban J connectivity index is 1.63. The maximum absolute atomic E-state index is 5.59. The fourth-order valence-electron chi connectivity index (χ4n) is 3.53. The molecule has 27 heavy (non-hydrogen) atoms. The lowest BCUT2D eigenvalue weighted by molar-refractivity contribution is 0.455. The van der Waals surface area contributed by atoms with E-state index in [0.717, 1.165) is 34.8 Å². The summed E-state index contributed by atoms with van der Waals surface area (Å²) in [5.74, 6) is 1.15. The molecule has 0 amide bonds. The monoisotopic (exact) mass is 377 g/mol. The fraction of sp³-hybridized carbons (Fsp3) is 0.300. The highest BCUT2D eigenvalue weighted by molar-refractivity contribution is 7.15. The van der Waals surface area contributed by atoms with E-state index in [9.17, 15) is 0 Å². The average Bonchev–Trinajstić information content (AvgIpc) is 3.40. The van der Waals surface area contributed by atoms with Gasteiger partial charge in [-0.25, -0.2) is 9.97 Å². The first kappa shape index (κ1) is 16.4. The molecule has 1 aliphatic carbocycles. The van der Waals surface area contributed by atoms with Crippen LogP contribution in [0.5, 0.6) is 0 Å². The highest BCUT2D eigenvalue weighted by Gasteiger charge is 2.23. The highest BCUT2D eigenvalue weighted by atomic mass is 32.1. The third-order valence-electron chi connectivity index (χ3n) is 4.81. The summed E-state index contributed by atoms with van der Waals surface area (Å²) in [5, 5.41) is 9.10. The third-order valence-corrected chi connectivity index (χ3v) is 5.97. The number of fused-ring (bicyclic) bond motifs is 1. The smallest absolute Gasteiger partial charge is 0.236 e. The van der Waals surface area contributed by atoms with Crippen molar-refractivity contribution in [3.63, 3.8) is 0 Å². The lowest BCUT2D eigenvalue weighted by Crippen LogP contribution is -2.02. The van der Waals surface area contributed by atoms with Crippen LogP contribution in [0.3, 0.4) is 0 Å². The summed E-state index contributed by atoms with van der Waals surface area (Å²) in [6.45, 7) is 2.29. The molecule has 0 fully saturated rings. The number of hydrogen-bond donors (Lipinski definition) is 0. The molecule has 6 nitrogen and oxygen atoms in total. The molecule has 0 unspecified atom stereocenters. The SMILES string of the molecule is Cc1nnc(Cn2cnc(-c3ccccc3)c2-c2nc3c(s2)CCCC3)o1. The van der Waals surface area contributed by atoms with Crippen LogP contribution in [0.2, 0.25) is 0 Å². The summed E-state index contributed by atoms with van der Waals surface area (Å²) in [4.78, 5) is 11.1. The molecular weight excluding hydrogens is 358 g/mol. The molecule has 0 aliphatic heterocycles. The van der Waals surface area contributed by atoms with Crippen molar-refractivity contribution in [1.82, 2.24) is 24.7 Å². The Morgan fingerprint density at radius 2 is 1.96 bits per heavy atom. The van der Waals surface area contributed by atoms with Gasteiger partial charge in [0.25, 0.3) is 0 Å². The maximum atomic E-state index is 5.59.